The molecule has 1 saturated carbocycles. The van der Waals surface area contributed by atoms with Gasteiger partial charge in [-0.2, -0.15) is 0 Å². The third-order valence-electron chi connectivity index (χ3n) is 4.57. The molecule has 17 heavy (non-hydrogen) atoms. The van der Waals surface area contributed by atoms with Gasteiger partial charge in [0.1, 0.15) is 0 Å². The topological polar surface area (TPSA) is 21.3 Å². The van der Waals surface area contributed by atoms with E-state index in [0.717, 1.165) is 37.6 Å². The minimum absolute atomic E-state index is 0.449. The summed E-state index contributed by atoms with van der Waals surface area (Å²) >= 11 is 0. The highest BCUT2D eigenvalue weighted by molar-refractivity contribution is 4.88. The van der Waals surface area contributed by atoms with Gasteiger partial charge in [-0.1, -0.05) is 33.6 Å². The third-order valence-corrected chi connectivity index (χ3v) is 4.57. The summed E-state index contributed by atoms with van der Waals surface area (Å²) < 4.78 is 5.45. The molecule has 1 aliphatic carbocycles. The number of hydrogen-bond acceptors (Lipinski definition) is 2. The quantitative estimate of drug-likeness (QED) is 0.816. The first kappa shape index (κ1) is 13.4. The second-order valence-electron chi connectivity index (χ2n) is 7.00. The molecule has 0 aromatic rings. The van der Waals surface area contributed by atoms with Crippen molar-refractivity contribution in [2.45, 2.75) is 58.9 Å². The zero-order valence-corrected chi connectivity index (χ0v) is 11.8. The first-order valence-corrected chi connectivity index (χ1v) is 7.38. The molecule has 0 aromatic heterocycles. The Morgan fingerprint density at radius 2 is 1.88 bits per heavy atom. The Morgan fingerprint density at radius 1 is 1.12 bits per heavy atom. The van der Waals surface area contributed by atoms with Crippen LogP contribution in [0.5, 0.6) is 0 Å². The van der Waals surface area contributed by atoms with Crippen LogP contribution in [-0.2, 0) is 4.74 Å². The summed E-state index contributed by atoms with van der Waals surface area (Å²) in [5, 5.41) is 3.84. The fourth-order valence-corrected chi connectivity index (χ4v) is 3.47. The maximum Gasteiger partial charge on any atom is 0.0507 e. The monoisotopic (exact) mass is 239 g/mol. The molecular weight excluding hydrogens is 210 g/mol. The molecule has 0 spiro atoms. The largest absolute Gasteiger partial charge is 0.381 e. The van der Waals surface area contributed by atoms with Crippen LogP contribution in [0.2, 0.25) is 0 Å². The van der Waals surface area contributed by atoms with Gasteiger partial charge in [0.05, 0.1) is 6.61 Å². The Hall–Kier alpha value is -0.0800. The maximum absolute atomic E-state index is 5.45. The Bertz CT molecular complexity index is 228. The molecule has 2 heteroatoms. The molecule has 2 nitrogen and oxygen atoms in total. The molecule has 3 atom stereocenters. The molecular formula is C15H29NO. The van der Waals surface area contributed by atoms with Crippen molar-refractivity contribution in [3.8, 4) is 0 Å². The molecule has 2 rings (SSSR count). The molecule has 0 bridgehead atoms. The van der Waals surface area contributed by atoms with E-state index >= 15 is 0 Å². The molecule has 1 aliphatic heterocycles. The summed E-state index contributed by atoms with van der Waals surface area (Å²) in [5.41, 5.74) is 0.449. The number of ether oxygens (including phenoxy) is 1. The fourth-order valence-electron chi connectivity index (χ4n) is 3.47. The molecule has 2 fully saturated rings. The highest BCUT2D eigenvalue weighted by atomic mass is 16.5. The van der Waals surface area contributed by atoms with E-state index in [-0.39, 0.29) is 0 Å². The SMILES string of the molecule is CC(C)(C)C1CCCCC1NCC1CCOC1. The van der Waals surface area contributed by atoms with Gasteiger partial charge >= 0.3 is 0 Å². The molecule has 0 amide bonds. The van der Waals surface area contributed by atoms with Crippen LogP contribution in [-0.4, -0.2) is 25.8 Å². The molecule has 2 aliphatic rings. The average molecular weight is 239 g/mol. The van der Waals surface area contributed by atoms with Crippen molar-refractivity contribution in [1.82, 2.24) is 5.32 Å². The number of nitrogens with one attached hydrogen (secondary N) is 1. The normalized spacial score (nSPS) is 35.1. The summed E-state index contributed by atoms with van der Waals surface area (Å²) in [6.07, 6.45) is 6.86. The first-order valence-electron chi connectivity index (χ1n) is 7.38. The van der Waals surface area contributed by atoms with Gasteiger partial charge in [-0.3, -0.25) is 0 Å². The standard InChI is InChI=1S/C15H29NO/c1-15(2,3)13-6-4-5-7-14(13)16-10-12-8-9-17-11-12/h12-14,16H,4-11H2,1-3H3. The van der Waals surface area contributed by atoms with Crippen molar-refractivity contribution in [1.29, 1.82) is 0 Å². The van der Waals surface area contributed by atoms with Crippen LogP contribution in [0.4, 0.5) is 0 Å². The Morgan fingerprint density at radius 3 is 2.53 bits per heavy atom. The molecule has 100 valence electrons. The van der Waals surface area contributed by atoms with E-state index in [4.69, 9.17) is 4.74 Å². The minimum atomic E-state index is 0.449. The van der Waals surface area contributed by atoms with E-state index < -0.39 is 0 Å². The van der Waals surface area contributed by atoms with E-state index in [2.05, 4.69) is 26.1 Å². The lowest BCUT2D eigenvalue weighted by Gasteiger charge is -2.41. The molecule has 1 saturated heterocycles. The summed E-state index contributed by atoms with van der Waals surface area (Å²) in [4.78, 5) is 0. The zero-order valence-electron chi connectivity index (χ0n) is 11.8. The smallest absolute Gasteiger partial charge is 0.0507 e. The molecule has 3 unspecified atom stereocenters. The van der Waals surface area contributed by atoms with E-state index in [0.29, 0.717) is 5.41 Å². The van der Waals surface area contributed by atoms with Gasteiger partial charge in [0.25, 0.3) is 0 Å². The van der Waals surface area contributed by atoms with Crippen molar-refractivity contribution in [3.63, 3.8) is 0 Å². The lowest BCUT2D eigenvalue weighted by molar-refractivity contribution is 0.125. The van der Waals surface area contributed by atoms with Crippen molar-refractivity contribution in [2.24, 2.45) is 17.3 Å². The van der Waals surface area contributed by atoms with Gasteiger partial charge < -0.3 is 10.1 Å². The first-order chi connectivity index (χ1) is 8.07. The van der Waals surface area contributed by atoms with E-state index in [9.17, 15) is 0 Å². The molecule has 0 radical (unpaired) electrons. The van der Waals surface area contributed by atoms with Crippen LogP contribution >= 0.6 is 0 Å². The number of rotatable bonds is 3. The lowest BCUT2D eigenvalue weighted by Crippen LogP contribution is -2.45. The summed E-state index contributed by atoms with van der Waals surface area (Å²) in [6.45, 7) is 10.3. The molecule has 1 N–H and O–H groups in total. The Balaban J connectivity index is 1.83. The van der Waals surface area contributed by atoms with Crippen LogP contribution in [0, 0.1) is 17.3 Å². The lowest BCUT2D eigenvalue weighted by atomic mass is 9.69. The van der Waals surface area contributed by atoms with Crippen molar-refractivity contribution >= 4 is 0 Å². The van der Waals surface area contributed by atoms with Crippen molar-refractivity contribution in [3.05, 3.63) is 0 Å². The highest BCUT2D eigenvalue weighted by Crippen LogP contribution is 2.38. The second-order valence-corrected chi connectivity index (χ2v) is 7.00. The number of hydrogen-bond donors (Lipinski definition) is 1. The minimum Gasteiger partial charge on any atom is -0.381 e. The maximum atomic E-state index is 5.45. The zero-order chi connectivity index (χ0) is 12.3. The predicted octanol–water partition coefficient (Wildman–Crippen LogP) is 3.22. The van der Waals surface area contributed by atoms with Crippen LogP contribution in [0.15, 0.2) is 0 Å². The fraction of sp³-hybridized carbons (Fsp3) is 1.00. The van der Waals surface area contributed by atoms with Gasteiger partial charge in [-0.15, -0.1) is 0 Å². The van der Waals surface area contributed by atoms with E-state index in [1.54, 1.807) is 0 Å². The summed E-state index contributed by atoms with van der Waals surface area (Å²) in [5.74, 6) is 1.61. The summed E-state index contributed by atoms with van der Waals surface area (Å²) in [6, 6.07) is 0.740. The van der Waals surface area contributed by atoms with Crippen LogP contribution in [0.25, 0.3) is 0 Å². The summed E-state index contributed by atoms with van der Waals surface area (Å²) in [7, 11) is 0. The van der Waals surface area contributed by atoms with Gasteiger partial charge in [0.2, 0.25) is 0 Å². The van der Waals surface area contributed by atoms with Crippen LogP contribution in [0.1, 0.15) is 52.9 Å². The van der Waals surface area contributed by atoms with Crippen molar-refractivity contribution < 1.29 is 4.74 Å². The van der Waals surface area contributed by atoms with Crippen LogP contribution in [0.3, 0.4) is 0 Å². The predicted molar refractivity (Wildman–Crippen MR) is 72.1 cm³/mol. The molecule has 1 heterocycles. The Labute approximate surface area is 107 Å². The average Bonchev–Trinajstić information content (AvgIpc) is 2.78. The second kappa shape index (κ2) is 5.71. The van der Waals surface area contributed by atoms with E-state index in [1.807, 2.05) is 0 Å². The molecule has 0 aromatic carbocycles. The van der Waals surface area contributed by atoms with Crippen LogP contribution < -0.4 is 5.32 Å². The van der Waals surface area contributed by atoms with Gasteiger partial charge in [0, 0.05) is 19.2 Å². The third kappa shape index (κ3) is 3.69. The highest BCUT2D eigenvalue weighted by Gasteiger charge is 2.34. The van der Waals surface area contributed by atoms with Crippen molar-refractivity contribution in [2.75, 3.05) is 19.8 Å². The van der Waals surface area contributed by atoms with E-state index in [1.165, 1.54) is 32.1 Å². The van der Waals surface area contributed by atoms with Gasteiger partial charge in [-0.25, -0.2) is 0 Å². The van der Waals surface area contributed by atoms with Gasteiger partial charge in [-0.05, 0) is 36.5 Å². The Kier molecular flexibility index (Phi) is 4.48. The van der Waals surface area contributed by atoms with Gasteiger partial charge in [0.15, 0.2) is 0 Å².